The van der Waals surface area contributed by atoms with Gasteiger partial charge in [-0.15, -0.1) is 0 Å². The number of nitrogens with one attached hydrogen (secondary N) is 1. The fourth-order valence-corrected chi connectivity index (χ4v) is 2.54. The number of nitriles is 1. The highest BCUT2D eigenvalue weighted by molar-refractivity contribution is 6.09. The topological polar surface area (TPSA) is 109 Å². The van der Waals surface area contributed by atoms with E-state index in [1.807, 2.05) is 25.1 Å². The quantitative estimate of drug-likeness (QED) is 0.301. The summed E-state index contributed by atoms with van der Waals surface area (Å²) in [5.74, 6) is -0.0615. The van der Waals surface area contributed by atoms with Crippen LogP contribution in [-0.4, -0.2) is 10.8 Å². The second-order valence-corrected chi connectivity index (χ2v) is 5.97. The number of carbonyl (C=O) groups excluding carboxylic acids is 1. The first-order valence-electron chi connectivity index (χ1n) is 8.31. The van der Waals surface area contributed by atoms with Gasteiger partial charge in [0, 0.05) is 17.8 Å². The molecule has 0 fully saturated rings. The van der Waals surface area contributed by atoms with E-state index in [4.69, 9.17) is 4.42 Å². The molecule has 1 aromatic heterocycles. The first-order chi connectivity index (χ1) is 13.5. The average molecular weight is 373 g/mol. The number of hydrogen-bond acceptors (Lipinski definition) is 5. The highest BCUT2D eigenvalue weighted by atomic mass is 16.6. The van der Waals surface area contributed by atoms with E-state index in [-0.39, 0.29) is 22.8 Å². The molecule has 0 aliphatic heterocycles. The molecule has 0 bridgehead atoms. The Hall–Kier alpha value is -4.18. The lowest BCUT2D eigenvalue weighted by Crippen LogP contribution is -2.13. The van der Waals surface area contributed by atoms with Crippen molar-refractivity contribution in [3.8, 4) is 17.4 Å². The molecule has 1 amide bonds. The summed E-state index contributed by atoms with van der Waals surface area (Å²) in [5, 5.41) is 23.1. The third kappa shape index (κ3) is 4.14. The summed E-state index contributed by atoms with van der Waals surface area (Å²) in [7, 11) is 0. The molecule has 7 nitrogen and oxygen atoms in total. The third-order valence-corrected chi connectivity index (χ3v) is 3.95. The summed E-state index contributed by atoms with van der Waals surface area (Å²) in [4.78, 5) is 23.0. The molecule has 3 rings (SSSR count). The van der Waals surface area contributed by atoms with E-state index in [2.05, 4.69) is 5.32 Å². The van der Waals surface area contributed by atoms with Crippen molar-refractivity contribution >= 4 is 23.4 Å². The van der Waals surface area contributed by atoms with Gasteiger partial charge in [0.05, 0.1) is 10.5 Å². The standard InChI is InChI=1S/C21H15N3O4/c1-14-6-8-16(9-7-14)23-21(25)15(13-22)12-17-10-11-20(28-17)18-4-2-3-5-19(18)24(26)27/h2-12H,1H3,(H,23,25)/b15-12+. The first kappa shape index (κ1) is 18.6. The van der Waals surface area contributed by atoms with Crippen LogP contribution in [-0.2, 0) is 4.79 Å². The molecule has 2 aromatic carbocycles. The molecule has 138 valence electrons. The second kappa shape index (κ2) is 8.01. The summed E-state index contributed by atoms with van der Waals surface area (Å²) >= 11 is 0. The van der Waals surface area contributed by atoms with Crippen LogP contribution >= 0.6 is 0 Å². The van der Waals surface area contributed by atoms with Crippen LogP contribution in [0.4, 0.5) is 11.4 Å². The number of carbonyl (C=O) groups is 1. The van der Waals surface area contributed by atoms with Gasteiger partial charge in [-0.05, 0) is 37.3 Å². The van der Waals surface area contributed by atoms with Gasteiger partial charge in [-0.3, -0.25) is 14.9 Å². The van der Waals surface area contributed by atoms with Crippen molar-refractivity contribution in [2.75, 3.05) is 5.32 Å². The minimum atomic E-state index is -0.574. The molecule has 0 aliphatic rings. The SMILES string of the molecule is Cc1ccc(NC(=O)/C(C#N)=C/c2ccc(-c3ccccc3[N+](=O)[O-])o2)cc1. The van der Waals surface area contributed by atoms with Crippen LogP contribution in [0.3, 0.4) is 0 Å². The van der Waals surface area contributed by atoms with Crippen LogP contribution in [0.25, 0.3) is 17.4 Å². The zero-order valence-corrected chi connectivity index (χ0v) is 14.9. The zero-order chi connectivity index (χ0) is 20.1. The summed E-state index contributed by atoms with van der Waals surface area (Å²) < 4.78 is 5.60. The summed E-state index contributed by atoms with van der Waals surface area (Å²) in [6.45, 7) is 1.93. The number of rotatable bonds is 5. The van der Waals surface area contributed by atoms with Crippen molar-refractivity contribution in [3.63, 3.8) is 0 Å². The van der Waals surface area contributed by atoms with Crippen molar-refractivity contribution < 1.29 is 14.1 Å². The lowest BCUT2D eigenvalue weighted by Gasteiger charge is -2.04. The molecule has 3 aromatic rings. The van der Waals surface area contributed by atoms with Crippen molar-refractivity contribution in [1.29, 1.82) is 5.26 Å². The molecule has 0 saturated heterocycles. The number of anilines is 1. The third-order valence-electron chi connectivity index (χ3n) is 3.95. The number of hydrogen-bond donors (Lipinski definition) is 1. The fraction of sp³-hybridized carbons (Fsp3) is 0.0476. The van der Waals surface area contributed by atoms with Gasteiger partial charge in [0.25, 0.3) is 11.6 Å². The molecule has 0 saturated carbocycles. The molecule has 0 spiro atoms. The largest absolute Gasteiger partial charge is 0.456 e. The number of nitrogens with zero attached hydrogens (tertiary/aromatic N) is 2. The van der Waals surface area contributed by atoms with Gasteiger partial charge in [-0.1, -0.05) is 29.8 Å². The van der Waals surface area contributed by atoms with E-state index in [1.165, 1.54) is 12.1 Å². The lowest BCUT2D eigenvalue weighted by molar-refractivity contribution is -0.384. The van der Waals surface area contributed by atoms with Crippen molar-refractivity contribution in [2.24, 2.45) is 0 Å². The van der Waals surface area contributed by atoms with Gasteiger partial charge in [0.1, 0.15) is 23.2 Å². The van der Waals surface area contributed by atoms with Gasteiger partial charge < -0.3 is 9.73 Å². The highest BCUT2D eigenvalue weighted by Gasteiger charge is 2.17. The molecular formula is C21H15N3O4. The van der Waals surface area contributed by atoms with E-state index in [1.54, 1.807) is 42.5 Å². The number of aryl methyl sites for hydroxylation is 1. The molecule has 0 radical (unpaired) electrons. The molecular weight excluding hydrogens is 358 g/mol. The Balaban J connectivity index is 1.85. The number of nitro benzene ring substituents is 1. The van der Waals surface area contributed by atoms with Crippen LogP contribution in [0.5, 0.6) is 0 Å². The van der Waals surface area contributed by atoms with E-state index in [9.17, 15) is 20.2 Å². The smallest absolute Gasteiger partial charge is 0.280 e. The predicted octanol–water partition coefficient (Wildman–Crippen LogP) is 4.71. The van der Waals surface area contributed by atoms with Crippen LogP contribution in [0.1, 0.15) is 11.3 Å². The van der Waals surface area contributed by atoms with E-state index in [0.717, 1.165) is 5.56 Å². The lowest BCUT2D eigenvalue weighted by atomic mass is 10.1. The molecule has 7 heteroatoms. The normalized spacial score (nSPS) is 10.9. The maximum absolute atomic E-state index is 12.3. The van der Waals surface area contributed by atoms with Crippen LogP contribution < -0.4 is 5.32 Å². The monoisotopic (exact) mass is 373 g/mol. The molecule has 1 heterocycles. The average Bonchev–Trinajstić information content (AvgIpc) is 3.16. The number of benzene rings is 2. The Labute approximate surface area is 160 Å². The Morgan fingerprint density at radius 2 is 1.86 bits per heavy atom. The van der Waals surface area contributed by atoms with Gasteiger partial charge in [0.2, 0.25) is 0 Å². The van der Waals surface area contributed by atoms with Gasteiger partial charge in [-0.25, -0.2) is 0 Å². The van der Waals surface area contributed by atoms with Gasteiger partial charge in [-0.2, -0.15) is 5.26 Å². The minimum absolute atomic E-state index is 0.0926. The number of para-hydroxylation sites is 1. The molecule has 0 atom stereocenters. The molecule has 1 N–H and O–H groups in total. The van der Waals surface area contributed by atoms with Crippen LogP contribution in [0.2, 0.25) is 0 Å². The van der Waals surface area contributed by atoms with Gasteiger partial charge in [0.15, 0.2) is 0 Å². The predicted molar refractivity (Wildman–Crippen MR) is 104 cm³/mol. The minimum Gasteiger partial charge on any atom is -0.456 e. The summed E-state index contributed by atoms with van der Waals surface area (Å²) in [5.41, 5.74) is 1.69. The number of furan rings is 1. The fourth-order valence-electron chi connectivity index (χ4n) is 2.54. The van der Waals surface area contributed by atoms with Crippen LogP contribution in [0, 0.1) is 28.4 Å². The number of amides is 1. The maximum Gasteiger partial charge on any atom is 0.280 e. The van der Waals surface area contributed by atoms with Gasteiger partial charge >= 0.3 is 0 Å². The number of nitro groups is 1. The Bertz CT molecular complexity index is 1110. The second-order valence-electron chi connectivity index (χ2n) is 5.97. The molecule has 28 heavy (non-hydrogen) atoms. The van der Waals surface area contributed by atoms with E-state index < -0.39 is 10.8 Å². The zero-order valence-electron chi connectivity index (χ0n) is 14.9. The Morgan fingerprint density at radius 3 is 2.54 bits per heavy atom. The summed E-state index contributed by atoms with van der Waals surface area (Å²) in [6.07, 6.45) is 1.29. The summed E-state index contributed by atoms with van der Waals surface area (Å²) in [6, 6.07) is 18.3. The maximum atomic E-state index is 12.3. The van der Waals surface area contributed by atoms with Crippen LogP contribution in [0.15, 0.2) is 70.7 Å². The Kier molecular flexibility index (Phi) is 5.33. The Morgan fingerprint density at radius 1 is 1.14 bits per heavy atom. The highest BCUT2D eigenvalue weighted by Crippen LogP contribution is 2.31. The molecule has 0 aliphatic carbocycles. The first-order valence-corrected chi connectivity index (χ1v) is 8.31. The van der Waals surface area contributed by atoms with Crippen molar-refractivity contribution in [2.45, 2.75) is 6.92 Å². The van der Waals surface area contributed by atoms with E-state index in [0.29, 0.717) is 11.3 Å². The molecule has 0 unspecified atom stereocenters. The van der Waals surface area contributed by atoms with Crippen molar-refractivity contribution in [3.05, 3.63) is 87.7 Å². The van der Waals surface area contributed by atoms with E-state index >= 15 is 0 Å². The van der Waals surface area contributed by atoms with Crippen molar-refractivity contribution in [1.82, 2.24) is 0 Å².